The fraction of sp³-hybridized carbons (Fsp3) is 0.571. The summed E-state index contributed by atoms with van der Waals surface area (Å²) >= 11 is 8.05. The normalized spacial score (nSPS) is 21.0. The van der Waals surface area contributed by atoms with Crippen LogP contribution in [0.25, 0.3) is 0 Å². The molecule has 2 aromatic rings. The number of benzene rings is 1. The first-order valence-corrected chi connectivity index (χ1v) is 14.7. The molecule has 1 N–H and O–H groups in total. The molecule has 10 heteroatoms. The molecule has 1 aliphatic carbocycles. The Morgan fingerprint density at radius 2 is 1.84 bits per heavy atom. The molecular weight excluding hydrogens is 522 g/mol. The van der Waals surface area contributed by atoms with Crippen LogP contribution in [0.3, 0.4) is 0 Å². The Labute approximate surface area is 233 Å². The van der Waals surface area contributed by atoms with Crippen molar-refractivity contribution < 1.29 is 14.3 Å². The van der Waals surface area contributed by atoms with Crippen LogP contribution in [0.1, 0.15) is 74.9 Å². The lowest BCUT2D eigenvalue weighted by Gasteiger charge is -2.38. The number of fused-ring (bicyclic) bond motifs is 1. The van der Waals surface area contributed by atoms with E-state index in [2.05, 4.69) is 27.1 Å². The zero-order valence-corrected chi connectivity index (χ0v) is 24.1. The van der Waals surface area contributed by atoms with Crippen LogP contribution in [-0.4, -0.2) is 64.2 Å². The summed E-state index contributed by atoms with van der Waals surface area (Å²) in [5.74, 6) is 1.64. The number of halogens is 1. The third-order valence-corrected chi connectivity index (χ3v) is 8.93. The number of alkyl carbamates (subject to hydrolysis) is 1. The van der Waals surface area contributed by atoms with Crippen molar-refractivity contribution in [1.29, 1.82) is 0 Å². The second kappa shape index (κ2) is 10.6. The van der Waals surface area contributed by atoms with Crippen molar-refractivity contribution in [2.45, 2.75) is 75.0 Å². The zero-order valence-electron chi connectivity index (χ0n) is 22.5. The number of carbonyl (C=O) groups is 2. The smallest absolute Gasteiger partial charge is 0.408 e. The maximum Gasteiger partial charge on any atom is 0.408 e. The molecule has 38 heavy (non-hydrogen) atoms. The van der Waals surface area contributed by atoms with E-state index in [4.69, 9.17) is 16.3 Å². The molecule has 0 spiro atoms. The van der Waals surface area contributed by atoms with Gasteiger partial charge in [0.2, 0.25) is 5.91 Å². The Balaban J connectivity index is 1.30. The number of nitrogens with zero attached hydrogens (tertiary/aromatic N) is 4. The minimum absolute atomic E-state index is 0.0843. The predicted molar refractivity (Wildman–Crippen MR) is 151 cm³/mol. The summed E-state index contributed by atoms with van der Waals surface area (Å²) in [6, 6.07) is 7.50. The third kappa shape index (κ3) is 6.04. The van der Waals surface area contributed by atoms with Crippen LogP contribution in [0, 0.1) is 0 Å². The summed E-state index contributed by atoms with van der Waals surface area (Å²) in [6.07, 6.45) is 3.41. The first kappa shape index (κ1) is 27.1. The van der Waals surface area contributed by atoms with E-state index in [1.807, 2.05) is 61.7 Å². The fourth-order valence-corrected chi connectivity index (χ4v) is 6.51. The van der Waals surface area contributed by atoms with Gasteiger partial charge in [-0.25, -0.2) is 14.8 Å². The summed E-state index contributed by atoms with van der Waals surface area (Å²) in [5, 5.41) is 4.08. The SMILES string of the molecule is CC1SCc2ncnc(N3CCN(C(=O)C(CC4(NC(=O)OC(C)(C)C)CC4)c4ccc(Cl)cc4)CC3)c21. The lowest BCUT2D eigenvalue weighted by molar-refractivity contribution is -0.133. The van der Waals surface area contributed by atoms with E-state index < -0.39 is 17.2 Å². The lowest BCUT2D eigenvalue weighted by atomic mass is 9.89. The number of carbonyl (C=O) groups excluding carboxylic acids is 2. The molecule has 204 valence electrons. The van der Waals surface area contributed by atoms with Crippen LogP contribution >= 0.6 is 23.4 Å². The molecule has 2 unspecified atom stereocenters. The van der Waals surface area contributed by atoms with Gasteiger partial charge in [-0.05, 0) is 64.7 Å². The summed E-state index contributed by atoms with van der Waals surface area (Å²) in [7, 11) is 0. The van der Waals surface area contributed by atoms with E-state index in [9.17, 15) is 9.59 Å². The minimum Gasteiger partial charge on any atom is -0.444 e. The molecule has 1 aromatic carbocycles. The molecule has 1 aromatic heterocycles. The molecule has 0 bridgehead atoms. The number of hydrogen-bond acceptors (Lipinski definition) is 7. The van der Waals surface area contributed by atoms with Crippen LogP contribution < -0.4 is 10.2 Å². The number of hydrogen-bond donors (Lipinski definition) is 1. The molecule has 0 radical (unpaired) electrons. The summed E-state index contributed by atoms with van der Waals surface area (Å²) in [5.41, 5.74) is 2.27. The maximum absolute atomic E-state index is 14.0. The number of anilines is 1. The number of aromatic nitrogens is 2. The molecule has 8 nitrogen and oxygen atoms in total. The van der Waals surface area contributed by atoms with Crippen LogP contribution in [0.15, 0.2) is 30.6 Å². The van der Waals surface area contributed by atoms with E-state index in [1.54, 1.807) is 6.33 Å². The molecule has 2 atom stereocenters. The van der Waals surface area contributed by atoms with Crippen molar-refractivity contribution in [2.75, 3.05) is 31.1 Å². The van der Waals surface area contributed by atoms with E-state index >= 15 is 0 Å². The average Bonchev–Trinajstić information content (AvgIpc) is 3.52. The highest BCUT2D eigenvalue weighted by Crippen LogP contribution is 2.45. The van der Waals surface area contributed by atoms with Gasteiger partial charge in [0.25, 0.3) is 0 Å². The Hall–Kier alpha value is -2.52. The number of thioether (sulfide) groups is 1. The van der Waals surface area contributed by atoms with Gasteiger partial charge in [-0.3, -0.25) is 4.79 Å². The van der Waals surface area contributed by atoms with Crippen LogP contribution in [0.4, 0.5) is 10.6 Å². The Morgan fingerprint density at radius 3 is 2.47 bits per heavy atom. The highest BCUT2D eigenvalue weighted by atomic mass is 35.5. The lowest BCUT2D eigenvalue weighted by Crippen LogP contribution is -2.51. The number of nitrogens with one attached hydrogen (secondary N) is 1. The van der Waals surface area contributed by atoms with Crippen molar-refractivity contribution in [3.05, 3.63) is 52.4 Å². The van der Waals surface area contributed by atoms with Gasteiger partial charge in [0.15, 0.2) is 0 Å². The second-order valence-corrected chi connectivity index (χ2v) is 13.3. The second-order valence-electron chi connectivity index (χ2n) is 11.5. The number of rotatable bonds is 6. The molecule has 3 heterocycles. The third-order valence-electron chi connectivity index (χ3n) is 7.50. The van der Waals surface area contributed by atoms with Gasteiger partial charge in [0.1, 0.15) is 17.7 Å². The van der Waals surface area contributed by atoms with E-state index in [-0.39, 0.29) is 11.8 Å². The standard InChI is InChI=1S/C28H36ClN5O3S/c1-18-23-22(16-38-18)30-17-31-24(23)33-11-13-34(14-12-33)25(35)21(19-5-7-20(29)8-6-19)15-28(9-10-28)32-26(36)37-27(2,3)4/h5-8,17-18,21H,9-16H2,1-4H3,(H,32,36). The number of ether oxygens (including phenoxy) is 1. The minimum atomic E-state index is -0.578. The van der Waals surface area contributed by atoms with Crippen LogP contribution in [-0.2, 0) is 15.3 Å². The molecule has 2 fully saturated rings. The van der Waals surface area contributed by atoms with Crippen LogP contribution in [0.2, 0.25) is 5.02 Å². The van der Waals surface area contributed by atoms with Gasteiger partial charge in [0.05, 0.1) is 11.6 Å². The van der Waals surface area contributed by atoms with Gasteiger partial charge in [-0.2, -0.15) is 0 Å². The van der Waals surface area contributed by atoms with Gasteiger partial charge in [-0.1, -0.05) is 23.7 Å². The van der Waals surface area contributed by atoms with Gasteiger partial charge in [0, 0.05) is 53.3 Å². The number of piperazine rings is 1. The van der Waals surface area contributed by atoms with E-state index in [0.717, 1.165) is 48.8 Å². The van der Waals surface area contributed by atoms with Crippen molar-refractivity contribution >= 4 is 41.2 Å². The molecule has 1 saturated heterocycles. The molecule has 1 saturated carbocycles. The topological polar surface area (TPSA) is 87.7 Å². The van der Waals surface area contributed by atoms with Gasteiger partial charge >= 0.3 is 6.09 Å². The fourth-order valence-electron chi connectivity index (χ4n) is 5.34. The Bertz CT molecular complexity index is 1190. The molecular formula is C28H36ClN5O3S. The maximum atomic E-state index is 14.0. The first-order chi connectivity index (χ1) is 18.0. The largest absolute Gasteiger partial charge is 0.444 e. The molecule has 5 rings (SSSR count). The zero-order chi connectivity index (χ0) is 27.1. The van der Waals surface area contributed by atoms with Gasteiger partial charge < -0.3 is 19.9 Å². The predicted octanol–water partition coefficient (Wildman–Crippen LogP) is 5.32. The highest BCUT2D eigenvalue weighted by molar-refractivity contribution is 7.99. The van der Waals surface area contributed by atoms with Crippen molar-refractivity contribution in [1.82, 2.24) is 20.2 Å². The van der Waals surface area contributed by atoms with Gasteiger partial charge in [-0.15, -0.1) is 11.8 Å². The summed E-state index contributed by atoms with van der Waals surface area (Å²) < 4.78 is 5.51. The van der Waals surface area contributed by atoms with Crippen molar-refractivity contribution in [2.24, 2.45) is 0 Å². The Kier molecular flexibility index (Phi) is 7.52. The monoisotopic (exact) mass is 557 g/mol. The summed E-state index contributed by atoms with van der Waals surface area (Å²) in [4.78, 5) is 39.9. The average molecular weight is 558 g/mol. The van der Waals surface area contributed by atoms with Crippen molar-refractivity contribution in [3.63, 3.8) is 0 Å². The molecule has 2 amide bonds. The molecule has 2 aliphatic heterocycles. The van der Waals surface area contributed by atoms with Crippen LogP contribution in [0.5, 0.6) is 0 Å². The van der Waals surface area contributed by atoms with E-state index in [1.165, 1.54) is 5.56 Å². The highest BCUT2D eigenvalue weighted by Gasteiger charge is 2.48. The molecule has 3 aliphatic rings. The quantitative estimate of drug-likeness (QED) is 0.514. The van der Waals surface area contributed by atoms with E-state index in [0.29, 0.717) is 29.8 Å². The Morgan fingerprint density at radius 1 is 1.16 bits per heavy atom. The summed E-state index contributed by atoms with van der Waals surface area (Å²) in [6.45, 7) is 10.4. The first-order valence-electron chi connectivity index (χ1n) is 13.3. The van der Waals surface area contributed by atoms with Crippen molar-refractivity contribution in [3.8, 4) is 0 Å². The number of amides is 2.